The maximum Gasteiger partial charge on any atom is 0.305 e. The molecule has 6 nitrogen and oxygen atoms in total. The lowest BCUT2D eigenvalue weighted by Gasteiger charge is -2.20. The highest BCUT2D eigenvalue weighted by Gasteiger charge is 2.18. The molecule has 0 aliphatic heterocycles. The van der Waals surface area contributed by atoms with Gasteiger partial charge in [0.2, 0.25) is 5.91 Å². The smallest absolute Gasteiger partial charge is 0.305 e. The van der Waals surface area contributed by atoms with Crippen LogP contribution in [-0.4, -0.2) is 47.4 Å². The first-order chi connectivity index (χ1) is 34.5. The molecule has 0 saturated heterocycles. The summed E-state index contributed by atoms with van der Waals surface area (Å²) in [7, 11) is 0. The number of carbonyl (C=O) groups is 2. The Bertz CT molecular complexity index is 1130. The van der Waals surface area contributed by atoms with E-state index in [1.54, 1.807) is 6.08 Å². The normalized spacial score (nSPS) is 12.8. The van der Waals surface area contributed by atoms with Gasteiger partial charge >= 0.3 is 5.97 Å². The largest absolute Gasteiger partial charge is 0.466 e. The predicted octanol–water partition coefficient (Wildman–Crippen LogP) is 19.6. The molecule has 0 aromatic heterocycles. The number of hydrogen-bond acceptors (Lipinski definition) is 5. The van der Waals surface area contributed by atoms with E-state index in [1.165, 1.54) is 257 Å². The van der Waals surface area contributed by atoms with Crippen LogP contribution in [0.3, 0.4) is 0 Å². The van der Waals surface area contributed by atoms with Gasteiger partial charge in [0.1, 0.15) is 0 Å². The van der Waals surface area contributed by atoms with Gasteiger partial charge in [-0.3, -0.25) is 9.59 Å². The van der Waals surface area contributed by atoms with Gasteiger partial charge in [-0.25, -0.2) is 0 Å². The van der Waals surface area contributed by atoms with Gasteiger partial charge in [-0.05, 0) is 57.8 Å². The maximum atomic E-state index is 12.5. The van der Waals surface area contributed by atoms with Crippen LogP contribution in [0.25, 0.3) is 0 Å². The summed E-state index contributed by atoms with van der Waals surface area (Å²) in [5.41, 5.74) is 0. The molecule has 0 aromatic rings. The van der Waals surface area contributed by atoms with Crippen LogP contribution in [0.4, 0.5) is 0 Å². The molecule has 0 aliphatic rings. The number of allylic oxidation sites excluding steroid dienone is 5. The Morgan fingerprint density at radius 3 is 1.13 bits per heavy atom. The van der Waals surface area contributed by atoms with E-state index < -0.39 is 12.1 Å². The summed E-state index contributed by atoms with van der Waals surface area (Å²) in [4.78, 5) is 24.5. The molecule has 70 heavy (non-hydrogen) atoms. The minimum absolute atomic E-state index is 0.00188. The van der Waals surface area contributed by atoms with Crippen LogP contribution >= 0.6 is 0 Å². The zero-order chi connectivity index (χ0) is 50.7. The van der Waals surface area contributed by atoms with Crippen LogP contribution in [0.2, 0.25) is 0 Å². The Morgan fingerprint density at radius 1 is 0.400 bits per heavy atom. The van der Waals surface area contributed by atoms with Crippen LogP contribution in [0.5, 0.6) is 0 Å². The van der Waals surface area contributed by atoms with Crippen molar-refractivity contribution >= 4 is 11.9 Å². The summed E-state index contributed by atoms with van der Waals surface area (Å²) < 4.78 is 5.47. The quantitative estimate of drug-likeness (QED) is 0.0321. The number of ether oxygens (including phenoxy) is 1. The number of unbranched alkanes of at least 4 members (excludes halogenated alkanes) is 43. The van der Waals surface area contributed by atoms with Crippen molar-refractivity contribution in [3.05, 3.63) is 36.5 Å². The molecule has 1 amide bonds. The minimum Gasteiger partial charge on any atom is -0.466 e. The maximum absolute atomic E-state index is 12.5. The van der Waals surface area contributed by atoms with Gasteiger partial charge in [0.15, 0.2) is 0 Å². The highest BCUT2D eigenvalue weighted by molar-refractivity contribution is 5.76. The SMILES string of the molecule is CCCC/C=C\C/C=C\CCCCCCCC(=O)OCCCCCCCCCCCCCCCCCCCCCCCCC(=O)NC(CO)C(O)/C=C/CCCCCCCCCCCCCCCCC. The number of hydrogen-bond donors (Lipinski definition) is 3. The molecular formula is C64H121NO5. The topological polar surface area (TPSA) is 95.9 Å². The number of aliphatic hydroxyl groups excluding tert-OH is 2. The summed E-state index contributed by atoms with van der Waals surface area (Å²) in [5, 5.41) is 23.2. The zero-order valence-corrected chi connectivity index (χ0v) is 47.0. The van der Waals surface area contributed by atoms with Crippen LogP contribution in [0, 0.1) is 0 Å². The molecule has 0 rings (SSSR count). The van der Waals surface area contributed by atoms with E-state index in [2.05, 4.69) is 43.5 Å². The average Bonchev–Trinajstić information content (AvgIpc) is 3.36. The second-order valence-electron chi connectivity index (χ2n) is 21.4. The Kier molecular flexibility index (Phi) is 58.0. The van der Waals surface area contributed by atoms with Crippen LogP contribution in [0.15, 0.2) is 36.5 Å². The monoisotopic (exact) mass is 984 g/mol. The minimum atomic E-state index is -0.845. The number of amides is 1. The van der Waals surface area contributed by atoms with E-state index in [0.717, 1.165) is 51.4 Å². The van der Waals surface area contributed by atoms with Crippen molar-refractivity contribution in [1.82, 2.24) is 5.32 Å². The second-order valence-corrected chi connectivity index (χ2v) is 21.4. The average molecular weight is 985 g/mol. The molecule has 0 fully saturated rings. The molecule has 6 heteroatoms. The van der Waals surface area contributed by atoms with E-state index in [1.807, 2.05) is 6.08 Å². The lowest BCUT2D eigenvalue weighted by molar-refractivity contribution is -0.143. The first kappa shape index (κ1) is 68.1. The van der Waals surface area contributed by atoms with Crippen molar-refractivity contribution < 1.29 is 24.5 Å². The number of nitrogens with one attached hydrogen (secondary N) is 1. The fourth-order valence-corrected chi connectivity index (χ4v) is 9.59. The summed E-state index contributed by atoms with van der Waals surface area (Å²) in [6, 6.07) is -0.629. The molecule has 0 spiro atoms. The van der Waals surface area contributed by atoms with Gasteiger partial charge in [0, 0.05) is 12.8 Å². The lowest BCUT2D eigenvalue weighted by atomic mass is 10.0. The molecular weight excluding hydrogens is 863 g/mol. The lowest BCUT2D eigenvalue weighted by Crippen LogP contribution is -2.45. The van der Waals surface area contributed by atoms with E-state index >= 15 is 0 Å². The van der Waals surface area contributed by atoms with Crippen molar-refractivity contribution in [2.75, 3.05) is 13.2 Å². The molecule has 412 valence electrons. The number of rotatable bonds is 58. The molecule has 0 bridgehead atoms. The van der Waals surface area contributed by atoms with Gasteiger partial charge in [0.25, 0.3) is 0 Å². The summed E-state index contributed by atoms with van der Waals surface area (Å²) in [6.45, 7) is 4.87. The van der Waals surface area contributed by atoms with Crippen LogP contribution < -0.4 is 5.32 Å². The van der Waals surface area contributed by atoms with Gasteiger partial charge in [-0.1, -0.05) is 301 Å². The molecule has 2 unspecified atom stereocenters. The van der Waals surface area contributed by atoms with Crippen LogP contribution in [0.1, 0.15) is 335 Å². The van der Waals surface area contributed by atoms with Gasteiger partial charge < -0.3 is 20.3 Å². The fraction of sp³-hybridized carbons (Fsp3) is 0.875. The van der Waals surface area contributed by atoms with Gasteiger partial charge in [-0.2, -0.15) is 0 Å². The van der Waals surface area contributed by atoms with Crippen molar-refractivity contribution in [3.63, 3.8) is 0 Å². The molecule has 0 radical (unpaired) electrons. The highest BCUT2D eigenvalue weighted by Crippen LogP contribution is 2.18. The molecule has 0 aromatic carbocycles. The number of esters is 1. The third kappa shape index (κ3) is 55.4. The first-order valence-electron chi connectivity index (χ1n) is 31.3. The van der Waals surface area contributed by atoms with Crippen LogP contribution in [-0.2, 0) is 14.3 Å². The van der Waals surface area contributed by atoms with E-state index in [0.29, 0.717) is 19.4 Å². The summed E-state index contributed by atoms with van der Waals surface area (Å²) >= 11 is 0. The van der Waals surface area contributed by atoms with Crippen molar-refractivity contribution in [3.8, 4) is 0 Å². The Morgan fingerprint density at radius 2 is 0.729 bits per heavy atom. The fourth-order valence-electron chi connectivity index (χ4n) is 9.59. The third-order valence-electron chi connectivity index (χ3n) is 14.4. The predicted molar refractivity (Wildman–Crippen MR) is 306 cm³/mol. The molecule has 0 heterocycles. The zero-order valence-electron chi connectivity index (χ0n) is 47.0. The summed E-state index contributed by atoms with van der Waals surface area (Å²) in [5.74, 6) is -0.0684. The van der Waals surface area contributed by atoms with Crippen molar-refractivity contribution in [2.45, 2.75) is 347 Å². The first-order valence-corrected chi connectivity index (χ1v) is 31.3. The number of aliphatic hydroxyl groups is 2. The van der Waals surface area contributed by atoms with Crippen molar-refractivity contribution in [2.24, 2.45) is 0 Å². The Hall–Kier alpha value is -1.92. The molecule has 0 saturated carbocycles. The van der Waals surface area contributed by atoms with E-state index in [4.69, 9.17) is 4.74 Å². The summed E-state index contributed by atoms with van der Waals surface area (Å²) in [6.07, 6.45) is 74.7. The van der Waals surface area contributed by atoms with E-state index in [-0.39, 0.29) is 18.5 Å². The Labute approximate surface area is 436 Å². The molecule has 3 N–H and O–H groups in total. The molecule has 0 aliphatic carbocycles. The van der Waals surface area contributed by atoms with E-state index in [9.17, 15) is 19.8 Å². The Balaban J connectivity index is 3.41. The third-order valence-corrected chi connectivity index (χ3v) is 14.4. The van der Waals surface area contributed by atoms with Gasteiger partial charge in [0.05, 0.1) is 25.4 Å². The second kappa shape index (κ2) is 59.6. The molecule has 2 atom stereocenters. The highest BCUT2D eigenvalue weighted by atomic mass is 16.5. The van der Waals surface area contributed by atoms with Crippen molar-refractivity contribution in [1.29, 1.82) is 0 Å². The standard InChI is InChI=1S/C64H121NO5/c1-3-5-7-9-11-13-15-17-19-26-29-32-36-40-44-48-52-56-62(67)61(60-66)65-63(68)57-53-49-45-41-37-33-30-27-24-22-20-21-23-25-28-31-35-39-43-47-51-55-59-70-64(69)58-54-50-46-42-38-34-18-16-14-12-10-8-6-4-2/h10,12,16,18,52,56,61-62,66-67H,3-9,11,13-15,17,19-51,53-55,57-60H2,1-2H3,(H,65,68)/b12-10-,18-16-,56-52+. The van der Waals surface area contributed by atoms with Gasteiger partial charge in [-0.15, -0.1) is 0 Å². The number of carbonyl (C=O) groups excluding carboxylic acids is 2.